The highest BCUT2D eigenvalue weighted by atomic mass is 32.2. The number of nitrogens with two attached hydrogens (primary N) is 1. The van der Waals surface area contributed by atoms with E-state index in [2.05, 4.69) is 11.6 Å². The summed E-state index contributed by atoms with van der Waals surface area (Å²) >= 11 is 1.81. The molecule has 3 nitrogen and oxygen atoms in total. The van der Waals surface area contributed by atoms with Gasteiger partial charge >= 0.3 is 0 Å². The van der Waals surface area contributed by atoms with E-state index in [1.807, 2.05) is 11.8 Å². The first-order chi connectivity index (χ1) is 9.56. The van der Waals surface area contributed by atoms with E-state index >= 15 is 0 Å². The summed E-state index contributed by atoms with van der Waals surface area (Å²) in [5, 5.41) is 2.58. The molecule has 1 amide bonds. The van der Waals surface area contributed by atoms with Crippen LogP contribution in [0.2, 0.25) is 0 Å². The normalized spacial score (nSPS) is 10.6. The Kier molecular flexibility index (Phi) is 7.36. The lowest BCUT2D eigenvalue weighted by molar-refractivity contribution is 0.0948. The van der Waals surface area contributed by atoms with Crippen molar-refractivity contribution in [2.24, 2.45) is 0 Å². The molecule has 0 atom stereocenters. The fourth-order valence-corrected chi connectivity index (χ4v) is 2.29. The summed E-state index contributed by atoms with van der Waals surface area (Å²) in [4.78, 5) is 11.7. The van der Waals surface area contributed by atoms with Crippen LogP contribution in [-0.4, -0.2) is 24.5 Å². The topological polar surface area (TPSA) is 55.1 Å². The van der Waals surface area contributed by atoms with Crippen molar-refractivity contribution < 1.29 is 13.6 Å². The number of anilines is 1. The van der Waals surface area contributed by atoms with Crippen LogP contribution in [0.25, 0.3) is 0 Å². The first kappa shape index (κ1) is 16.8. The van der Waals surface area contributed by atoms with Gasteiger partial charge < -0.3 is 11.1 Å². The predicted molar refractivity (Wildman–Crippen MR) is 80.0 cm³/mol. The second kappa shape index (κ2) is 8.79. The number of amides is 1. The van der Waals surface area contributed by atoms with Gasteiger partial charge in [-0.2, -0.15) is 11.8 Å². The third kappa shape index (κ3) is 5.36. The Morgan fingerprint density at radius 3 is 2.65 bits per heavy atom. The minimum Gasteiger partial charge on any atom is -0.396 e. The van der Waals surface area contributed by atoms with Crippen molar-refractivity contribution in [1.29, 1.82) is 0 Å². The van der Waals surface area contributed by atoms with Crippen LogP contribution in [0.15, 0.2) is 12.1 Å². The quantitative estimate of drug-likeness (QED) is 0.573. The summed E-state index contributed by atoms with van der Waals surface area (Å²) in [5.41, 5.74) is 4.59. The number of nitrogen functional groups attached to an aromatic ring is 1. The predicted octanol–water partition coefficient (Wildman–Crippen LogP) is 3.20. The lowest BCUT2D eigenvalue weighted by Gasteiger charge is -2.07. The number of thioether (sulfide) groups is 1. The second-order valence-electron chi connectivity index (χ2n) is 4.52. The maximum Gasteiger partial charge on any atom is 0.254 e. The summed E-state index contributed by atoms with van der Waals surface area (Å²) in [5.74, 6) is -1.08. The molecular weight excluding hydrogens is 282 g/mol. The van der Waals surface area contributed by atoms with Gasteiger partial charge in [-0.05, 0) is 37.0 Å². The number of nitrogens with one attached hydrogen (secondary N) is 1. The molecule has 0 spiro atoms. The largest absolute Gasteiger partial charge is 0.396 e. The van der Waals surface area contributed by atoms with Crippen molar-refractivity contribution in [2.75, 3.05) is 24.3 Å². The highest BCUT2D eigenvalue weighted by Crippen LogP contribution is 2.17. The van der Waals surface area contributed by atoms with Crippen LogP contribution in [0.1, 0.15) is 36.0 Å². The molecule has 0 bridgehead atoms. The standard InChI is InChI=1S/C14H20F2N2OS/c1-20-7-5-3-2-4-6-18-14(19)11-8-10(15)9-12(17)13(11)16/h8-9H,2-7,17H2,1H3,(H,18,19). The number of rotatable bonds is 8. The van der Waals surface area contributed by atoms with Crippen molar-refractivity contribution >= 4 is 23.4 Å². The molecule has 0 radical (unpaired) electrons. The molecule has 112 valence electrons. The first-order valence-electron chi connectivity index (χ1n) is 6.58. The molecule has 0 aliphatic rings. The molecule has 1 aromatic carbocycles. The maximum absolute atomic E-state index is 13.6. The molecule has 0 aliphatic carbocycles. The molecule has 1 aromatic rings. The minimum absolute atomic E-state index is 0.343. The highest BCUT2D eigenvalue weighted by molar-refractivity contribution is 7.98. The van der Waals surface area contributed by atoms with Crippen molar-refractivity contribution in [3.05, 3.63) is 29.3 Å². The molecule has 6 heteroatoms. The number of carbonyl (C=O) groups is 1. The number of halogens is 2. The van der Waals surface area contributed by atoms with Crippen LogP contribution in [0.5, 0.6) is 0 Å². The molecule has 0 heterocycles. The van der Waals surface area contributed by atoms with E-state index in [9.17, 15) is 13.6 Å². The number of hydrogen-bond donors (Lipinski definition) is 2. The van der Waals surface area contributed by atoms with E-state index < -0.39 is 17.5 Å². The molecule has 20 heavy (non-hydrogen) atoms. The van der Waals surface area contributed by atoms with Crippen molar-refractivity contribution in [3.63, 3.8) is 0 Å². The SMILES string of the molecule is CSCCCCCCNC(=O)c1cc(F)cc(N)c1F. The minimum atomic E-state index is -0.871. The first-order valence-corrected chi connectivity index (χ1v) is 7.97. The summed E-state index contributed by atoms with van der Waals surface area (Å²) in [6, 6.07) is 1.72. The second-order valence-corrected chi connectivity index (χ2v) is 5.51. The van der Waals surface area contributed by atoms with Crippen LogP contribution < -0.4 is 11.1 Å². The van der Waals surface area contributed by atoms with Crippen LogP contribution in [-0.2, 0) is 0 Å². The van der Waals surface area contributed by atoms with E-state index in [0.717, 1.165) is 43.6 Å². The van der Waals surface area contributed by atoms with Gasteiger partial charge in [0.15, 0.2) is 5.82 Å². The lowest BCUT2D eigenvalue weighted by Crippen LogP contribution is -2.26. The number of carbonyl (C=O) groups excluding carboxylic acids is 1. The van der Waals surface area contributed by atoms with Gasteiger partial charge in [-0.1, -0.05) is 12.8 Å². The van der Waals surface area contributed by atoms with Crippen molar-refractivity contribution in [3.8, 4) is 0 Å². The van der Waals surface area contributed by atoms with Crippen LogP contribution in [0.3, 0.4) is 0 Å². The van der Waals surface area contributed by atoms with Gasteiger partial charge in [-0.3, -0.25) is 4.79 Å². The lowest BCUT2D eigenvalue weighted by atomic mass is 10.1. The number of benzene rings is 1. The van der Waals surface area contributed by atoms with Gasteiger partial charge in [0, 0.05) is 6.54 Å². The molecule has 0 saturated carbocycles. The highest BCUT2D eigenvalue weighted by Gasteiger charge is 2.15. The van der Waals surface area contributed by atoms with Crippen molar-refractivity contribution in [2.45, 2.75) is 25.7 Å². The summed E-state index contributed by atoms with van der Waals surface area (Å²) in [6.45, 7) is 0.452. The van der Waals surface area contributed by atoms with Gasteiger partial charge in [0.25, 0.3) is 5.91 Å². The molecule has 3 N–H and O–H groups in total. The van der Waals surface area contributed by atoms with Gasteiger partial charge in [-0.25, -0.2) is 8.78 Å². The van der Waals surface area contributed by atoms with E-state index in [0.29, 0.717) is 6.54 Å². The average Bonchev–Trinajstić information content (AvgIpc) is 2.41. The van der Waals surface area contributed by atoms with Gasteiger partial charge in [0.05, 0.1) is 11.3 Å². The fourth-order valence-electron chi connectivity index (χ4n) is 1.80. The molecule has 0 fully saturated rings. The number of unbranched alkanes of at least 4 members (excludes halogenated alkanes) is 3. The fraction of sp³-hybridized carbons (Fsp3) is 0.500. The zero-order valence-corrected chi connectivity index (χ0v) is 12.4. The zero-order chi connectivity index (χ0) is 15.0. The average molecular weight is 302 g/mol. The van der Waals surface area contributed by atoms with Crippen LogP contribution >= 0.6 is 11.8 Å². The van der Waals surface area contributed by atoms with E-state index in [1.165, 1.54) is 0 Å². The van der Waals surface area contributed by atoms with Gasteiger partial charge in [-0.15, -0.1) is 0 Å². The van der Waals surface area contributed by atoms with Crippen LogP contribution in [0.4, 0.5) is 14.5 Å². The Labute approximate surface area is 122 Å². The summed E-state index contributed by atoms with van der Waals surface area (Å²) in [6.07, 6.45) is 6.17. The van der Waals surface area contributed by atoms with E-state index in [-0.39, 0.29) is 11.3 Å². The van der Waals surface area contributed by atoms with Gasteiger partial charge in [0.1, 0.15) is 5.82 Å². The smallest absolute Gasteiger partial charge is 0.254 e. The van der Waals surface area contributed by atoms with E-state index in [1.54, 1.807) is 0 Å². The molecular formula is C14H20F2N2OS. The van der Waals surface area contributed by atoms with E-state index in [4.69, 9.17) is 5.73 Å². The zero-order valence-electron chi connectivity index (χ0n) is 11.5. The Balaban J connectivity index is 2.36. The Bertz CT molecular complexity index is 455. The molecule has 1 rings (SSSR count). The Morgan fingerprint density at radius 2 is 1.95 bits per heavy atom. The molecule has 0 saturated heterocycles. The molecule has 0 unspecified atom stereocenters. The third-order valence-electron chi connectivity index (χ3n) is 2.87. The summed E-state index contributed by atoms with van der Waals surface area (Å²) < 4.78 is 26.7. The maximum atomic E-state index is 13.6. The summed E-state index contributed by atoms with van der Waals surface area (Å²) in [7, 11) is 0. The Hall–Kier alpha value is -1.30. The molecule has 0 aromatic heterocycles. The third-order valence-corrected chi connectivity index (χ3v) is 3.57. The Morgan fingerprint density at radius 1 is 1.25 bits per heavy atom. The monoisotopic (exact) mass is 302 g/mol. The molecule has 0 aliphatic heterocycles. The van der Waals surface area contributed by atoms with Crippen molar-refractivity contribution in [1.82, 2.24) is 5.32 Å². The number of hydrogen-bond acceptors (Lipinski definition) is 3. The van der Waals surface area contributed by atoms with Crippen LogP contribution in [0, 0.1) is 11.6 Å². The van der Waals surface area contributed by atoms with Gasteiger partial charge in [0.2, 0.25) is 0 Å².